The lowest BCUT2D eigenvalue weighted by Gasteiger charge is -2.30. The Morgan fingerprint density at radius 2 is 0.826 bits per heavy atom. The Bertz CT molecular complexity index is 520. The molecule has 0 aliphatic rings. The lowest BCUT2D eigenvalue weighted by Crippen LogP contribution is -2.37. The summed E-state index contributed by atoms with van der Waals surface area (Å²) in [5, 5.41) is 0. The van der Waals surface area contributed by atoms with Crippen LogP contribution in [0, 0.1) is 0 Å². The van der Waals surface area contributed by atoms with E-state index in [1.54, 1.807) is 0 Å². The second-order valence-electron chi connectivity index (χ2n) is 4.40. The molecule has 0 heterocycles. The first-order valence-corrected chi connectivity index (χ1v) is 12.4. The molecule has 0 bridgehead atoms. The van der Waals surface area contributed by atoms with Crippen molar-refractivity contribution < 1.29 is 57.4 Å². The molecule has 0 aliphatic carbocycles. The minimum atomic E-state index is -5.14. The standard InChI is InChI=1S/C5H18N2O12P4/c8-20(9,10)3-1-6(22(14,15)16)5-7(23(17,18)19)2-4-21(11,12)13/h1-5H2,(H2,8,9,10)(H2,11,12,13)(H2,14,15,16)(H2,17,18,19). The molecule has 8 N–H and O–H groups in total. The molecule has 140 valence electrons. The fraction of sp³-hybridized carbons (Fsp3) is 1.00. The highest BCUT2D eigenvalue weighted by Crippen LogP contribution is 2.47. The Hall–Kier alpha value is 0.520. The average molecular weight is 422 g/mol. The molecule has 0 rings (SSSR count). The van der Waals surface area contributed by atoms with E-state index >= 15 is 0 Å². The van der Waals surface area contributed by atoms with Crippen LogP contribution in [0.25, 0.3) is 0 Å². The lowest BCUT2D eigenvalue weighted by molar-refractivity contribution is 0.195. The second-order valence-corrected chi connectivity index (χ2v) is 11.1. The summed E-state index contributed by atoms with van der Waals surface area (Å²) >= 11 is 0. The summed E-state index contributed by atoms with van der Waals surface area (Å²) in [6, 6.07) is 0. The van der Waals surface area contributed by atoms with Crippen LogP contribution < -0.4 is 0 Å². The fourth-order valence-electron chi connectivity index (χ4n) is 1.25. The molecule has 14 nitrogen and oxygen atoms in total. The number of nitrogens with zero attached hydrogens (tertiary/aromatic N) is 2. The van der Waals surface area contributed by atoms with E-state index in [1.165, 1.54) is 0 Å². The molecule has 0 amide bonds. The van der Waals surface area contributed by atoms with Gasteiger partial charge in [0.2, 0.25) is 0 Å². The maximum atomic E-state index is 11.2. The average Bonchev–Trinajstić information content (AvgIpc) is 2.21. The van der Waals surface area contributed by atoms with Crippen molar-refractivity contribution in [3.05, 3.63) is 0 Å². The van der Waals surface area contributed by atoms with Crippen LogP contribution in [-0.2, 0) is 18.3 Å². The van der Waals surface area contributed by atoms with Crippen molar-refractivity contribution in [2.75, 3.05) is 32.1 Å². The molecule has 0 aromatic carbocycles. The van der Waals surface area contributed by atoms with Gasteiger partial charge >= 0.3 is 30.7 Å². The first-order chi connectivity index (χ1) is 9.92. The zero-order valence-corrected chi connectivity index (χ0v) is 15.0. The van der Waals surface area contributed by atoms with E-state index in [9.17, 15) is 18.3 Å². The van der Waals surface area contributed by atoms with Crippen molar-refractivity contribution in [2.24, 2.45) is 0 Å². The van der Waals surface area contributed by atoms with Crippen molar-refractivity contribution in [2.45, 2.75) is 0 Å². The van der Waals surface area contributed by atoms with Gasteiger partial charge in [0, 0.05) is 13.1 Å². The van der Waals surface area contributed by atoms with Crippen LogP contribution in [0.4, 0.5) is 0 Å². The Labute approximate surface area is 130 Å². The second kappa shape index (κ2) is 8.27. The number of hydrogen-bond donors (Lipinski definition) is 8. The zero-order valence-electron chi connectivity index (χ0n) is 11.4. The molecular weight excluding hydrogens is 404 g/mol. The van der Waals surface area contributed by atoms with E-state index in [0.717, 1.165) is 0 Å². The molecule has 0 aromatic heterocycles. The van der Waals surface area contributed by atoms with Crippen molar-refractivity contribution in [1.82, 2.24) is 9.34 Å². The largest absolute Gasteiger partial charge is 0.404 e. The van der Waals surface area contributed by atoms with Crippen LogP contribution in [0.1, 0.15) is 0 Å². The Morgan fingerprint density at radius 3 is 1.00 bits per heavy atom. The molecule has 23 heavy (non-hydrogen) atoms. The van der Waals surface area contributed by atoms with Gasteiger partial charge in [0.25, 0.3) is 0 Å². The Morgan fingerprint density at radius 1 is 0.565 bits per heavy atom. The quantitative estimate of drug-likeness (QED) is 0.142. The van der Waals surface area contributed by atoms with E-state index in [1.807, 2.05) is 0 Å². The van der Waals surface area contributed by atoms with Crippen LogP contribution in [0.2, 0.25) is 0 Å². The van der Waals surface area contributed by atoms with E-state index in [2.05, 4.69) is 0 Å². The summed E-state index contributed by atoms with van der Waals surface area (Å²) < 4.78 is 44.2. The molecule has 0 unspecified atom stereocenters. The van der Waals surface area contributed by atoms with Gasteiger partial charge in [-0.05, 0) is 0 Å². The maximum Gasteiger partial charge on any atom is 0.404 e. The van der Waals surface area contributed by atoms with Crippen molar-refractivity contribution in [3.63, 3.8) is 0 Å². The summed E-state index contributed by atoms with van der Waals surface area (Å²) in [6.45, 7) is -2.96. The number of rotatable bonds is 10. The number of hydrogen-bond acceptors (Lipinski definition) is 4. The molecule has 0 fully saturated rings. The van der Waals surface area contributed by atoms with E-state index in [4.69, 9.17) is 39.1 Å². The van der Waals surface area contributed by atoms with Crippen LogP contribution in [0.5, 0.6) is 0 Å². The highest BCUT2D eigenvalue weighted by Gasteiger charge is 2.35. The van der Waals surface area contributed by atoms with Gasteiger partial charge in [-0.25, -0.2) is 9.13 Å². The zero-order chi connectivity index (χ0) is 18.7. The Kier molecular flexibility index (Phi) is 8.45. The first-order valence-electron chi connectivity index (χ1n) is 5.63. The van der Waals surface area contributed by atoms with Crippen molar-refractivity contribution in [1.29, 1.82) is 0 Å². The minimum Gasteiger partial charge on any atom is -0.324 e. The van der Waals surface area contributed by atoms with E-state index in [-0.39, 0.29) is 9.34 Å². The van der Waals surface area contributed by atoms with Crippen molar-refractivity contribution >= 4 is 30.7 Å². The maximum absolute atomic E-state index is 11.2. The van der Waals surface area contributed by atoms with Gasteiger partial charge < -0.3 is 39.1 Å². The summed E-state index contributed by atoms with van der Waals surface area (Å²) in [6.07, 6.45) is -1.99. The molecule has 18 heteroatoms. The third-order valence-corrected chi connectivity index (χ3v) is 6.05. The highest BCUT2D eigenvalue weighted by molar-refractivity contribution is 7.52. The predicted octanol–water partition coefficient (Wildman–Crippen LogP) is -1.91. The molecule has 0 aromatic rings. The van der Waals surface area contributed by atoms with Gasteiger partial charge in [0.1, 0.15) is 0 Å². The van der Waals surface area contributed by atoms with Gasteiger partial charge in [-0.15, -0.1) is 0 Å². The summed E-state index contributed by atoms with van der Waals surface area (Å²) in [5.41, 5.74) is 0. The van der Waals surface area contributed by atoms with Gasteiger partial charge in [-0.2, -0.15) is 9.34 Å². The molecular formula is C5H18N2O12P4. The van der Waals surface area contributed by atoms with Gasteiger partial charge in [0.15, 0.2) is 0 Å². The molecule has 0 atom stereocenters. The predicted molar refractivity (Wildman–Crippen MR) is 76.2 cm³/mol. The fourth-order valence-corrected chi connectivity index (χ4v) is 4.02. The van der Waals surface area contributed by atoms with Crippen LogP contribution in [0.3, 0.4) is 0 Å². The monoisotopic (exact) mass is 422 g/mol. The topological polar surface area (TPSA) is 237 Å². The van der Waals surface area contributed by atoms with Gasteiger partial charge in [-0.1, -0.05) is 0 Å². The lowest BCUT2D eigenvalue weighted by atomic mass is 10.7. The SMILES string of the molecule is O=P(O)(O)CCN(CN(CCP(=O)(O)O)P(=O)(O)O)P(=O)(O)O. The van der Waals surface area contributed by atoms with Crippen molar-refractivity contribution in [3.8, 4) is 0 Å². The van der Waals surface area contributed by atoms with Gasteiger partial charge in [-0.3, -0.25) is 9.13 Å². The highest BCUT2D eigenvalue weighted by atomic mass is 31.2. The summed E-state index contributed by atoms with van der Waals surface area (Å²) in [5.74, 6) is 0. The molecule has 0 saturated carbocycles. The third-order valence-electron chi connectivity index (χ3n) is 2.36. The smallest absolute Gasteiger partial charge is 0.324 e. The molecule has 0 aliphatic heterocycles. The minimum absolute atomic E-state index is 0.0882. The van der Waals surface area contributed by atoms with Crippen LogP contribution in [0.15, 0.2) is 0 Å². The first kappa shape index (κ1) is 23.5. The van der Waals surface area contributed by atoms with Crippen LogP contribution in [-0.4, -0.2) is 80.6 Å². The molecule has 0 saturated heterocycles. The third kappa shape index (κ3) is 11.7. The summed E-state index contributed by atoms with van der Waals surface area (Å²) in [4.78, 5) is 71.1. The normalized spacial score (nSPS) is 14.7. The van der Waals surface area contributed by atoms with Crippen LogP contribution >= 0.6 is 30.7 Å². The molecule has 0 spiro atoms. The van der Waals surface area contributed by atoms with E-state index < -0.39 is 62.8 Å². The Balaban J connectivity index is 5.21. The van der Waals surface area contributed by atoms with Gasteiger partial charge in [0.05, 0.1) is 19.0 Å². The summed E-state index contributed by atoms with van der Waals surface area (Å²) in [7, 11) is -19.6. The molecule has 0 radical (unpaired) electrons. The van der Waals surface area contributed by atoms with E-state index in [0.29, 0.717) is 0 Å².